The highest BCUT2D eigenvalue weighted by molar-refractivity contribution is 9.10. The van der Waals surface area contributed by atoms with Gasteiger partial charge in [-0.3, -0.25) is 4.79 Å². The molecular weight excluding hydrogens is 399 g/mol. The maximum absolute atomic E-state index is 13.3. The normalized spacial score (nSPS) is 19.8. The molecule has 5 heteroatoms. The Balaban J connectivity index is 0.000000152. The van der Waals surface area contributed by atoms with Crippen LogP contribution in [0.1, 0.15) is 53.9 Å². The quantitative estimate of drug-likeness (QED) is 0.688. The lowest BCUT2D eigenvalue weighted by Gasteiger charge is -2.06. The molecule has 2 aromatic carbocycles. The molecule has 0 saturated carbocycles. The zero-order valence-corrected chi connectivity index (χ0v) is 16.5. The van der Waals surface area contributed by atoms with E-state index in [1.165, 1.54) is 5.56 Å². The molecule has 0 radical (unpaired) electrons. The number of halogens is 2. The highest BCUT2D eigenvalue weighted by Gasteiger charge is 2.26. The minimum absolute atomic E-state index is 0.0168. The standard InChI is InChI=1S/C11H12O3.C10H10BrF/c1-7-2-3-9-8(5-11(12)13)6-14-10(9)4-7;1-6-2-3-7-8(11)4-5-9(12)10(6)7/h2-4,8H,5-6H2,1H3,(H,12,13);4-6H,2-3H2,1H3. The largest absolute Gasteiger partial charge is 0.493 e. The van der Waals surface area contributed by atoms with E-state index < -0.39 is 5.97 Å². The van der Waals surface area contributed by atoms with Crippen molar-refractivity contribution in [3.63, 3.8) is 0 Å². The van der Waals surface area contributed by atoms with Crippen LogP contribution in [0.3, 0.4) is 0 Å². The number of carboxylic acid groups (broad SMARTS) is 1. The van der Waals surface area contributed by atoms with Crippen molar-refractivity contribution in [2.24, 2.45) is 0 Å². The number of hydrogen-bond donors (Lipinski definition) is 1. The molecule has 4 rings (SSSR count). The van der Waals surface area contributed by atoms with E-state index in [1.807, 2.05) is 25.1 Å². The minimum atomic E-state index is -0.771. The summed E-state index contributed by atoms with van der Waals surface area (Å²) in [5.41, 5.74) is 4.25. The number of benzene rings is 2. The van der Waals surface area contributed by atoms with Crippen LogP contribution in [0.2, 0.25) is 0 Å². The Morgan fingerprint density at radius 2 is 2.12 bits per heavy atom. The molecule has 1 aliphatic heterocycles. The summed E-state index contributed by atoms with van der Waals surface area (Å²) < 4.78 is 19.8. The SMILES string of the molecule is CC1CCc2c(Br)ccc(F)c21.Cc1ccc2c(c1)OCC2CC(=O)O. The van der Waals surface area contributed by atoms with Crippen molar-refractivity contribution in [1.29, 1.82) is 0 Å². The molecule has 2 unspecified atom stereocenters. The number of ether oxygens (including phenoxy) is 1. The predicted octanol–water partition coefficient (Wildman–Crippen LogP) is 5.58. The fourth-order valence-electron chi connectivity index (χ4n) is 3.67. The first-order valence-corrected chi connectivity index (χ1v) is 9.58. The van der Waals surface area contributed by atoms with Crippen LogP contribution in [0.15, 0.2) is 34.8 Å². The fraction of sp³-hybridized carbons (Fsp3) is 0.381. The maximum atomic E-state index is 13.3. The van der Waals surface area contributed by atoms with Crippen LogP contribution in [0.25, 0.3) is 0 Å². The zero-order chi connectivity index (χ0) is 18.8. The fourth-order valence-corrected chi connectivity index (χ4v) is 4.21. The van der Waals surface area contributed by atoms with Gasteiger partial charge in [-0.1, -0.05) is 35.0 Å². The molecule has 3 nitrogen and oxygen atoms in total. The number of fused-ring (bicyclic) bond motifs is 2. The summed E-state index contributed by atoms with van der Waals surface area (Å²) in [6.45, 7) is 4.57. The molecule has 0 saturated heterocycles. The third-order valence-corrected chi connectivity index (χ3v) is 5.78. The van der Waals surface area contributed by atoms with E-state index >= 15 is 0 Å². The van der Waals surface area contributed by atoms with Gasteiger partial charge in [0.1, 0.15) is 11.6 Å². The summed E-state index contributed by atoms with van der Waals surface area (Å²) in [5, 5.41) is 8.70. The molecule has 2 aliphatic rings. The lowest BCUT2D eigenvalue weighted by Crippen LogP contribution is -2.07. The van der Waals surface area contributed by atoms with E-state index in [4.69, 9.17) is 9.84 Å². The van der Waals surface area contributed by atoms with Gasteiger partial charge in [0.15, 0.2) is 0 Å². The summed E-state index contributed by atoms with van der Waals surface area (Å²) in [6.07, 6.45) is 2.24. The van der Waals surface area contributed by atoms with Crippen molar-refractivity contribution >= 4 is 21.9 Å². The van der Waals surface area contributed by atoms with Crippen LogP contribution in [-0.2, 0) is 11.2 Å². The maximum Gasteiger partial charge on any atom is 0.304 e. The Labute approximate surface area is 161 Å². The zero-order valence-electron chi connectivity index (χ0n) is 14.9. The molecule has 0 spiro atoms. The average Bonchev–Trinajstić information content (AvgIpc) is 3.16. The lowest BCUT2D eigenvalue weighted by molar-refractivity contribution is -0.137. The van der Waals surface area contributed by atoms with Gasteiger partial charge >= 0.3 is 5.97 Å². The van der Waals surface area contributed by atoms with Gasteiger partial charge in [0.05, 0.1) is 13.0 Å². The first-order chi connectivity index (χ1) is 12.4. The summed E-state index contributed by atoms with van der Waals surface area (Å²) in [7, 11) is 0. The second kappa shape index (κ2) is 7.78. The molecule has 0 amide bonds. The van der Waals surface area contributed by atoms with Gasteiger partial charge in [0.25, 0.3) is 0 Å². The van der Waals surface area contributed by atoms with E-state index in [2.05, 4.69) is 22.9 Å². The molecule has 2 aromatic rings. The van der Waals surface area contributed by atoms with Crippen LogP contribution >= 0.6 is 15.9 Å². The monoisotopic (exact) mass is 420 g/mol. The average molecular weight is 421 g/mol. The Bertz CT molecular complexity index is 834. The van der Waals surface area contributed by atoms with Gasteiger partial charge in [-0.2, -0.15) is 0 Å². The van der Waals surface area contributed by atoms with Crippen molar-refractivity contribution in [2.45, 2.75) is 44.9 Å². The second-order valence-electron chi connectivity index (χ2n) is 7.01. The number of aliphatic carboxylic acids is 1. The molecule has 0 fully saturated rings. The predicted molar refractivity (Wildman–Crippen MR) is 103 cm³/mol. The van der Waals surface area contributed by atoms with Crippen molar-refractivity contribution in [1.82, 2.24) is 0 Å². The third kappa shape index (κ3) is 3.93. The third-order valence-electron chi connectivity index (χ3n) is 5.04. The topological polar surface area (TPSA) is 46.5 Å². The molecule has 26 heavy (non-hydrogen) atoms. The Kier molecular flexibility index (Phi) is 5.66. The molecule has 2 atom stereocenters. The number of aryl methyl sites for hydroxylation is 1. The van der Waals surface area contributed by atoms with E-state index in [0.717, 1.165) is 39.8 Å². The first kappa shape index (κ1) is 18.9. The lowest BCUT2D eigenvalue weighted by atomic mass is 9.97. The van der Waals surface area contributed by atoms with Crippen LogP contribution in [0.4, 0.5) is 4.39 Å². The van der Waals surface area contributed by atoms with E-state index in [1.54, 1.807) is 12.1 Å². The van der Waals surface area contributed by atoms with Crippen LogP contribution in [0, 0.1) is 12.7 Å². The van der Waals surface area contributed by atoms with Crippen molar-refractivity contribution in [3.05, 3.63) is 62.9 Å². The van der Waals surface area contributed by atoms with E-state index in [9.17, 15) is 9.18 Å². The number of carbonyl (C=O) groups is 1. The smallest absolute Gasteiger partial charge is 0.304 e. The molecule has 1 aliphatic carbocycles. The van der Waals surface area contributed by atoms with Gasteiger partial charge in [0.2, 0.25) is 0 Å². The molecule has 1 heterocycles. The second-order valence-corrected chi connectivity index (χ2v) is 7.86. The molecular formula is C21H22BrFO3. The van der Waals surface area contributed by atoms with Crippen LogP contribution in [-0.4, -0.2) is 17.7 Å². The van der Waals surface area contributed by atoms with Gasteiger partial charge in [-0.25, -0.2) is 4.39 Å². The van der Waals surface area contributed by atoms with Crippen molar-refractivity contribution < 1.29 is 19.0 Å². The summed E-state index contributed by atoms with van der Waals surface area (Å²) in [4.78, 5) is 10.6. The number of rotatable bonds is 2. The van der Waals surface area contributed by atoms with Crippen molar-refractivity contribution in [3.8, 4) is 5.75 Å². The molecule has 138 valence electrons. The van der Waals surface area contributed by atoms with Crippen LogP contribution < -0.4 is 4.74 Å². The van der Waals surface area contributed by atoms with Crippen molar-refractivity contribution in [2.75, 3.05) is 6.61 Å². The van der Waals surface area contributed by atoms with E-state index in [0.29, 0.717) is 12.5 Å². The highest BCUT2D eigenvalue weighted by Crippen LogP contribution is 2.38. The first-order valence-electron chi connectivity index (χ1n) is 8.78. The number of carboxylic acids is 1. The Morgan fingerprint density at radius 3 is 2.81 bits per heavy atom. The van der Waals surface area contributed by atoms with Gasteiger partial charge < -0.3 is 9.84 Å². The Hall–Kier alpha value is -1.88. The van der Waals surface area contributed by atoms with Crippen LogP contribution in [0.5, 0.6) is 5.75 Å². The highest BCUT2D eigenvalue weighted by atomic mass is 79.9. The van der Waals surface area contributed by atoms with Gasteiger partial charge in [-0.15, -0.1) is 0 Å². The molecule has 1 N–H and O–H groups in total. The summed E-state index contributed by atoms with van der Waals surface area (Å²) >= 11 is 3.44. The molecule has 0 bridgehead atoms. The van der Waals surface area contributed by atoms with E-state index in [-0.39, 0.29) is 18.2 Å². The van der Waals surface area contributed by atoms with Gasteiger partial charge in [-0.05, 0) is 60.6 Å². The summed E-state index contributed by atoms with van der Waals surface area (Å²) in [6, 6.07) is 9.25. The molecule has 0 aromatic heterocycles. The Morgan fingerprint density at radius 1 is 1.35 bits per heavy atom. The van der Waals surface area contributed by atoms with Gasteiger partial charge in [0, 0.05) is 16.0 Å². The minimum Gasteiger partial charge on any atom is -0.493 e. The number of hydrogen-bond acceptors (Lipinski definition) is 2. The summed E-state index contributed by atoms with van der Waals surface area (Å²) in [5.74, 6) is 0.432.